The van der Waals surface area contributed by atoms with E-state index in [4.69, 9.17) is 4.55 Å². The van der Waals surface area contributed by atoms with Gasteiger partial charge in [-0.1, -0.05) is 44.2 Å². The van der Waals surface area contributed by atoms with Crippen LogP contribution in [0.3, 0.4) is 0 Å². The highest BCUT2D eigenvalue weighted by Gasteiger charge is 2.65. The molecule has 1 aliphatic heterocycles. The summed E-state index contributed by atoms with van der Waals surface area (Å²) in [5, 5.41) is 9.52. The van der Waals surface area contributed by atoms with Gasteiger partial charge in [0, 0.05) is 19.5 Å². The van der Waals surface area contributed by atoms with Crippen molar-refractivity contribution in [1.82, 2.24) is 4.90 Å². The molecule has 0 amide bonds. The molecule has 29 heavy (non-hydrogen) atoms. The van der Waals surface area contributed by atoms with Crippen molar-refractivity contribution in [1.29, 1.82) is 0 Å². The van der Waals surface area contributed by atoms with Crippen LogP contribution in [0.1, 0.15) is 51.5 Å². The summed E-state index contributed by atoms with van der Waals surface area (Å²) in [6.45, 7) is 6.81. The first-order valence-corrected chi connectivity index (χ1v) is 12.1. The van der Waals surface area contributed by atoms with Crippen molar-refractivity contribution in [3.8, 4) is 0 Å². The van der Waals surface area contributed by atoms with E-state index in [0.29, 0.717) is 12.8 Å². The molecule has 3 fully saturated rings. The van der Waals surface area contributed by atoms with Gasteiger partial charge in [-0.3, -0.25) is 14.2 Å². The average Bonchev–Trinajstić information content (AvgIpc) is 2.96. The molecule has 1 aromatic carbocycles. The van der Waals surface area contributed by atoms with Crippen molar-refractivity contribution < 1.29 is 22.9 Å². The Balaban J connectivity index is 0.000000166. The molecule has 6 nitrogen and oxygen atoms in total. The molecule has 4 rings (SSSR count). The van der Waals surface area contributed by atoms with E-state index in [1.165, 1.54) is 5.56 Å². The zero-order valence-corrected chi connectivity index (χ0v) is 18.2. The van der Waals surface area contributed by atoms with Crippen LogP contribution in [0.4, 0.5) is 0 Å². The minimum atomic E-state index is -4.08. The maximum atomic E-state index is 11.9. The molecule has 162 valence electrons. The van der Waals surface area contributed by atoms with E-state index in [2.05, 4.69) is 29.2 Å². The number of β-amino-alcohol motifs (C(OH)–C–C–N with tert-alkyl or cyclic N) is 1. The fourth-order valence-corrected chi connectivity index (χ4v) is 6.74. The van der Waals surface area contributed by atoms with Gasteiger partial charge in [0.05, 0.1) is 17.3 Å². The lowest BCUT2D eigenvalue weighted by atomic mass is 9.70. The first-order chi connectivity index (χ1) is 13.5. The summed E-state index contributed by atoms with van der Waals surface area (Å²) in [5.41, 5.74) is 0.215. The van der Waals surface area contributed by atoms with Crippen LogP contribution in [0.15, 0.2) is 30.3 Å². The second kappa shape index (κ2) is 8.46. The van der Waals surface area contributed by atoms with Crippen molar-refractivity contribution in [3.05, 3.63) is 35.9 Å². The lowest BCUT2D eigenvalue weighted by Gasteiger charge is -2.35. The number of ketones is 1. The number of hydrogen-bond acceptors (Lipinski definition) is 5. The maximum absolute atomic E-state index is 11.9. The molecule has 2 aliphatic carbocycles. The van der Waals surface area contributed by atoms with E-state index in [9.17, 15) is 18.3 Å². The van der Waals surface area contributed by atoms with Crippen molar-refractivity contribution >= 4 is 15.9 Å². The minimum Gasteiger partial charge on any atom is -0.392 e. The zero-order valence-electron chi connectivity index (χ0n) is 17.4. The van der Waals surface area contributed by atoms with E-state index in [-0.39, 0.29) is 23.2 Å². The Labute approximate surface area is 174 Å². The third-order valence-corrected chi connectivity index (χ3v) is 8.16. The fraction of sp³-hybridized carbons (Fsp3) is 0.682. The Morgan fingerprint density at radius 2 is 1.86 bits per heavy atom. The quantitative estimate of drug-likeness (QED) is 0.723. The molecule has 3 aliphatic rings. The maximum Gasteiger partial charge on any atom is 0.265 e. The predicted octanol–water partition coefficient (Wildman–Crippen LogP) is 2.91. The molecular formula is C22H33NO5S. The Morgan fingerprint density at radius 1 is 1.17 bits per heavy atom. The number of aliphatic hydroxyl groups excluding tert-OH is 1. The van der Waals surface area contributed by atoms with E-state index in [1.807, 2.05) is 19.9 Å². The minimum absolute atomic E-state index is 0.0152. The van der Waals surface area contributed by atoms with Gasteiger partial charge >= 0.3 is 0 Å². The van der Waals surface area contributed by atoms with Crippen LogP contribution in [0.5, 0.6) is 0 Å². The van der Waals surface area contributed by atoms with Crippen LogP contribution in [0.2, 0.25) is 0 Å². The largest absolute Gasteiger partial charge is 0.392 e. The van der Waals surface area contributed by atoms with Gasteiger partial charge in [-0.2, -0.15) is 8.42 Å². The summed E-state index contributed by atoms with van der Waals surface area (Å²) in [7, 11) is -4.08. The van der Waals surface area contributed by atoms with Gasteiger partial charge in [0.1, 0.15) is 5.78 Å². The first kappa shape index (κ1) is 22.4. The molecule has 1 heterocycles. The van der Waals surface area contributed by atoms with E-state index >= 15 is 0 Å². The van der Waals surface area contributed by atoms with Crippen LogP contribution < -0.4 is 0 Å². The SMILES string of the molecule is CC1(C)C2CCC1(CS(=O)(=O)O)C(=O)C2.O[C@H]1CCCN(Cc2ccccc2)C1. The van der Waals surface area contributed by atoms with Crippen molar-refractivity contribution in [2.45, 2.75) is 58.6 Å². The van der Waals surface area contributed by atoms with Crippen LogP contribution in [-0.2, 0) is 21.5 Å². The number of likely N-dealkylation sites (tertiary alicyclic amines) is 1. The summed E-state index contributed by atoms with van der Waals surface area (Å²) in [5.74, 6) is -0.101. The lowest BCUT2D eigenvalue weighted by molar-refractivity contribution is -0.128. The van der Waals surface area contributed by atoms with E-state index in [0.717, 1.165) is 38.9 Å². The van der Waals surface area contributed by atoms with Crippen LogP contribution in [0, 0.1) is 16.7 Å². The van der Waals surface area contributed by atoms with Crippen LogP contribution >= 0.6 is 0 Å². The number of fused-ring (bicyclic) bond motifs is 2. The lowest BCUT2D eigenvalue weighted by Crippen LogP contribution is -2.42. The molecule has 0 spiro atoms. The van der Waals surface area contributed by atoms with Crippen molar-refractivity contribution in [3.63, 3.8) is 0 Å². The highest BCUT2D eigenvalue weighted by atomic mass is 32.2. The average molecular weight is 424 g/mol. The molecule has 1 aromatic rings. The number of Topliss-reactive ketones (excluding diaryl/α,β-unsaturated/α-hetero) is 1. The molecule has 0 aromatic heterocycles. The van der Waals surface area contributed by atoms with Crippen LogP contribution in [0.25, 0.3) is 0 Å². The number of hydrogen-bond donors (Lipinski definition) is 2. The van der Waals surface area contributed by atoms with Gasteiger partial charge < -0.3 is 5.11 Å². The Morgan fingerprint density at radius 3 is 2.38 bits per heavy atom. The number of piperidine rings is 1. The number of carbonyl (C=O) groups is 1. The van der Waals surface area contributed by atoms with Gasteiger partial charge in [0.25, 0.3) is 10.1 Å². The number of aliphatic hydroxyl groups is 1. The predicted molar refractivity (Wildman–Crippen MR) is 112 cm³/mol. The second-order valence-corrected chi connectivity index (χ2v) is 10.9. The molecule has 1 saturated heterocycles. The Bertz CT molecular complexity index is 823. The molecule has 2 unspecified atom stereocenters. The van der Waals surface area contributed by atoms with Gasteiger partial charge in [-0.05, 0) is 49.1 Å². The Kier molecular flexibility index (Phi) is 6.53. The topological polar surface area (TPSA) is 94.9 Å². The summed E-state index contributed by atoms with van der Waals surface area (Å²) < 4.78 is 31.0. The zero-order chi connectivity index (χ0) is 21.3. The third-order valence-electron chi connectivity index (χ3n) is 7.30. The van der Waals surface area contributed by atoms with Gasteiger partial charge in [-0.25, -0.2) is 0 Å². The van der Waals surface area contributed by atoms with Crippen molar-refractivity contribution in [2.24, 2.45) is 16.7 Å². The number of rotatable bonds is 4. The summed E-state index contributed by atoms with van der Waals surface area (Å²) in [6, 6.07) is 10.4. The Hall–Kier alpha value is -1.28. The molecule has 2 N–H and O–H groups in total. The van der Waals surface area contributed by atoms with Gasteiger partial charge in [0.15, 0.2) is 0 Å². The third kappa shape index (κ3) is 4.90. The monoisotopic (exact) mass is 423 g/mol. The first-order valence-electron chi connectivity index (χ1n) is 10.5. The van der Waals surface area contributed by atoms with Gasteiger partial charge in [-0.15, -0.1) is 0 Å². The molecule has 2 bridgehead atoms. The number of nitrogens with zero attached hydrogens (tertiary/aromatic N) is 1. The van der Waals surface area contributed by atoms with E-state index < -0.39 is 21.3 Å². The summed E-state index contributed by atoms with van der Waals surface area (Å²) >= 11 is 0. The van der Waals surface area contributed by atoms with Crippen LogP contribution in [-0.4, -0.2) is 53.7 Å². The standard InChI is InChI=1S/C12H17NO.C10H16O4S/c14-12-7-4-8-13(10-12)9-11-5-2-1-3-6-11;1-9(2)7-3-4-10(9,8(11)5-7)6-15(12,13)14/h1-3,5-6,12,14H,4,7-10H2;7H,3-6H2,1-2H3,(H,12,13,14)/t12-;/m0./s1. The molecule has 3 atom stereocenters. The molecule has 7 heteroatoms. The highest BCUT2D eigenvalue weighted by molar-refractivity contribution is 7.85. The fourth-order valence-electron chi connectivity index (χ4n) is 5.44. The normalized spacial score (nSPS) is 31.4. The summed E-state index contributed by atoms with van der Waals surface area (Å²) in [6.07, 6.45) is 3.94. The number of benzene rings is 1. The molecule has 0 radical (unpaired) electrons. The van der Waals surface area contributed by atoms with Gasteiger partial charge in [0.2, 0.25) is 0 Å². The van der Waals surface area contributed by atoms with Crippen molar-refractivity contribution in [2.75, 3.05) is 18.8 Å². The number of carbonyl (C=O) groups excluding carboxylic acids is 1. The smallest absolute Gasteiger partial charge is 0.265 e. The second-order valence-electron chi connectivity index (χ2n) is 9.41. The summed E-state index contributed by atoms with van der Waals surface area (Å²) in [4.78, 5) is 14.2. The highest BCUT2D eigenvalue weighted by Crippen LogP contribution is 2.64. The van der Waals surface area contributed by atoms with E-state index in [1.54, 1.807) is 0 Å². The molecular weight excluding hydrogens is 390 g/mol. The molecule has 2 saturated carbocycles.